The Morgan fingerprint density at radius 1 is 1.60 bits per heavy atom. The van der Waals surface area contributed by atoms with Crippen LogP contribution in [0, 0.1) is 18.3 Å². The Morgan fingerprint density at radius 2 is 2.27 bits per heavy atom. The van der Waals surface area contributed by atoms with E-state index in [1.165, 1.54) is 6.07 Å². The molecule has 1 rings (SSSR count). The van der Waals surface area contributed by atoms with E-state index in [0.29, 0.717) is 11.3 Å². The minimum Gasteiger partial charge on any atom is -0.256 e. The van der Waals surface area contributed by atoms with Gasteiger partial charge in [0.15, 0.2) is 0 Å². The summed E-state index contributed by atoms with van der Waals surface area (Å²) in [5, 5.41) is 8.48. The molecule has 2 nitrogen and oxygen atoms in total. The van der Waals surface area contributed by atoms with Crippen molar-refractivity contribution in [1.82, 2.24) is 4.98 Å². The first-order chi connectivity index (χ1) is 7.10. The van der Waals surface area contributed by atoms with Crippen molar-refractivity contribution in [1.29, 1.82) is 5.26 Å². The number of pyridine rings is 1. The van der Waals surface area contributed by atoms with E-state index in [0.717, 1.165) is 0 Å². The Labute approximate surface area is 91.5 Å². The second-order valence-electron chi connectivity index (χ2n) is 3.04. The molecule has 0 unspecified atom stereocenters. The predicted molar refractivity (Wildman–Crippen MR) is 52.8 cm³/mol. The molecule has 1 aromatic rings. The SMILES string of the molecule is Cc1nc(CC#N)c(C(F)F)cc1CCl. The maximum atomic E-state index is 12.6. The number of hydrogen-bond acceptors (Lipinski definition) is 2. The molecule has 80 valence electrons. The van der Waals surface area contributed by atoms with Gasteiger partial charge >= 0.3 is 0 Å². The molecule has 0 aliphatic rings. The standard InChI is InChI=1S/C10H9ClF2N2/c1-6-7(5-11)4-8(10(12)13)9(15-6)2-3-14/h4,10H,2,5H2,1H3. The first-order valence-electron chi connectivity index (χ1n) is 4.30. The van der Waals surface area contributed by atoms with Gasteiger partial charge in [-0.15, -0.1) is 11.6 Å². The van der Waals surface area contributed by atoms with Gasteiger partial charge in [-0.25, -0.2) is 8.78 Å². The third-order valence-corrected chi connectivity index (χ3v) is 2.34. The highest BCUT2D eigenvalue weighted by Crippen LogP contribution is 2.25. The summed E-state index contributed by atoms with van der Waals surface area (Å²) < 4.78 is 25.2. The monoisotopic (exact) mass is 230 g/mol. The number of aryl methyl sites for hydroxylation is 1. The molecule has 1 aromatic heterocycles. The molecule has 0 aliphatic carbocycles. The number of halogens is 3. The van der Waals surface area contributed by atoms with E-state index in [9.17, 15) is 8.78 Å². The zero-order valence-electron chi connectivity index (χ0n) is 8.10. The highest BCUT2D eigenvalue weighted by atomic mass is 35.5. The summed E-state index contributed by atoms with van der Waals surface area (Å²) >= 11 is 5.59. The van der Waals surface area contributed by atoms with Crippen molar-refractivity contribution in [3.05, 3.63) is 28.6 Å². The van der Waals surface area contributed by atoms with Crippen molar-refractivity contribution in [2.24, 2.45) is 0 Å². The second kappa shape index (κ2) is 5.04. The van der Waals surface area contributed by atoms with E-state index in [2.05, 4.69) is 4.98 Å². The van der Waals surface area contributed by atoms with Crippen LogP contribution in [0.4, 0.5) is 8.78 Å². The summed E-state index contributed by atoms with van der Waals surface area (Å²) in [5.41, 5.74) is 1.12. The van der Waals surface area contributed by atoms with Crippen LogP contribution >= 0.6 is 11.6 Å². The summed E-state index contributed by atoms with van der Waals surface area (Å²) in [6, 6.07) is 3.14. The first-order valence-corrected chi connectivity index (χ1v) is 4.84. The van der Waals surface area contributed by atoms with Crippen LogP contribution < -0.4 is 0 Å². The van der Waals surface area contributed by atoms with Gasteiger partial charge in [-0.1, -0.05) is 0 Å². The molecule has 0 aliphatic heterocycles. The van der Waals surface area contributed by atoms with Crippen LogP contribution in [0.25, 0.3) is 0 Å². The molecule has 5 heteroatoms. The Bertz CT molecular complexity index is 399. The van der Waals surface area contributed by atoms with Gasteiger partial charge in [-0.05, 0) is 18.6 Å². The van der Waals surface area contributed by atoms with E-state index < -0.39 is 6.43 Å². The van der Waals surface area contributed by atoms with Gasteiger partial charge in [-0.2, -0.15) is 5.26 Å². The lowest BCUT2D eigenvalue weighted by atomic mass is 10.1. The van der Waals surface area contributed by atoms with Crippen LogP contribution in [0.1, 0.15) is 28.9 Å². The number of alkyl halides is 3. The van der Waals surface area contributed by atoms with E-state index in [-0.39, 0.29) is 23.6 Å². The van der Waals surface area contributed by atoms with Gasteiger partial charge in [0.1, 0.15) is 0 Å². The highest BCUT2D eigenvalue weighted by Gasteiger charge is 2.16. The lowest BCUT2D eigenvalue weighted by molar-refractivity contribution is 0.149. The van der Waals surface area contributed by atoms with E-state index in [1.807, 2.05) is 6.07 Å². The number of aromatic nitrogens is 1. The Kier molecular flexibility index (Phi) is 3.98. The first kappa shape index (κ1) is 11.9. The molecule has 0 amide bonds. The van der Waals surface area contributed by atoms with Crippen LogP contribution in [0.5, 0.6) is 0 Å². The smallest absolute Gasteiger partial charge is 0.256 e. The van der Waals surface area contributed by atoms with Gasteiger partial charge in [0.2, 0.25) is 0 Å². The van der Waals surface area contributed by atoms with Crippen LogP contribution in [0.3, 0.4) is 0 Å². The van der Waals surface area contributed by atoms with Crippen LogP contribution in [0.15, 0.2) is 6.07 Å². The molecule has 0 saturated heterocycles. The van der Waals surface area contributed by atoms with Gasteiger partial charge in [0, 0.05) is 17.1 Å². The largest absolute Gasteiger partial charge is 0.265 e. The van der Waals surface area contributed by atoms with Gasteiger partial charge < -0.3 is 0 Å². The molecule has 0 radical (unpaired) electrons. The summed E-state index contributed by atoms with van der Waals surface area (Å²) in [4.78, 5) is 3.97. The summed E-state index contributed by atoms with van der Waals surface area (Å²) in [6.07, 6.45) is -2.73. The fourth-order valence-corrected chi connectivity index (χ4v) is 1.53. The quantitative estimate of drug-likeness (QED) is 0.748. The minimum atomic E-state index is -2.62. The average molecular weight is 231 g/mol. The van der Waals surface area contributed by atoms with Gasteiger partial charge in [-0.3, -0.25) is 4.98 Å². The summed E-state index contributed by atoms with van der Waals surface area (Å²) in [6.45, 7) is 1.69. The Hall–Kier alpha value is -1.21. The molecule has 0 saturated carbocycles. The molecular formula is C10H9ClF2N2. The summed E-state index contributed by atoms with van der Waals surface area (Å²) in [5.74, 6) is 0.144. The number of rotatable bonds is 3. The van der Waals surface area contributed by atoms with E-state index in [1.54, 1.807) is 6.92 Å². The van der Waals surface area contributed by atoms with Crippen molar-refractivity contribution in [3.63, 3.8) is 0 Å². The maximum absolute atomic E-state index is 12.6. The normalized spacial score (nSPS) is 10.4. The zero-order chi connectivity index (χ0) is 11.4. The fourth-order valence-electron chi connectivity index (χ4n) is 1.25. The van der Waals surface area contributed by atoms with Crippen molar-refractivity contribution in [2.75, 3.05) is 0 Å². The Morgan fingerprint density at radius 3 is 2.73 bits per heavy atom. The van der Waals surface area contributed by atoms with Gasteiger partial charge in [0.25, 0.3) is 6.43 Å². The third kappa shape index (κ3) is 2.63. The Balaban J connectivity index is 3.26. The maximum Gasteiger partial charge on any atom is 0.265 e. The van der Waals surface area contributed by atoms with Crippen LogP contribution in [-0.4, -0.2) is 4.98 Å². The van der Waals surface area contributed by atoms with Gasteiger partial charge in [0.05, 0.1) is 18.2 Å². The lowest BCUT2D eigenvalue weighted by Crippen LogP contribution is -2.02. The third-order valence-electron chi connectivity index (χ3n) is 2.06. The molecule has 0 N–H and O–H groups in total. The highest BCUT2D eigenvalue weighted by molar-refractivity contribution is 6.17. The van der Waals surface area contributed by atoms with Crippen molar-refractivity contribution in [3.8, 4) is 6.07 Å². The molecule has 0 spiro atoms. The van der Waals surface area contributed by atoms with Crippen molar-refractivity contribution < 1.29 is 8.78 Å². The summed E-state index contributed by atoms with van der Waals surface area (Å²) in [7, 11) is 0. The minimum absolute atomic E-state index is 0.108. The molecule has 0 aromatic carbocycles. The predicted octanol–water partition coefficient (Wildman–Crippen LogP) is 3.13. The number of hydrogen-bond donors (Lipinski definition) is 0. The molecule has 0 fully saturated rings. The average Bonchev–Trinajstić information content (AvgIpc) is 2.18. The molecule has 0 atom stereocenters. The lowest BCUT2D eigenvalue weighted by Gasteiger charge is -2.09. The number of nitrogens with zero attached hydrogens (tertiary/aromatic N) is 2. The zero-order valence-corrected chi connectivity index (χ0v) is 8.85. The molecule has 1 heterocycles. The molecule has 0 bridgehead atoms. The number of nitriles is 1. The van der Waals surface area contributed by atoms with E-state index >= 15 is 0 Å². The van der Waals surface area contributed by atoms with Crippen LogP contribution in [-0.2, 0) is 12.3 Å². The topological polar surface area (TPSA) is 36.7 Å². The fraction of sp³-hybridized carbons (Fsp3) is 0.400. The molecular weight excluding hydrogens is 222 g/mol. The molecule has 15 heavy (non-hydrogen) atoms. The van der Waals surface area contributed by atoms with E-state index in [4.69, 9.17) is 16.9 Å². The van der Waals surface area contributed by atoms with Crippen LogP contribution in [0.2, 0.25) is 0 Å². The van der Waals surface area contributed by atoms with Crippen molar-refractivity contribution >= 4 is 11.6 Å². The second-order valence-corrected chi connectivity index (χ2v) is 3.31. The van der Waals surface area contributed by atoms with Crippen molar-refractivity contribution in [2.45, 2.75) is 25.7 Å².